The molecule has 0 saturated carbocycles. The average Bonchev–Trinajstić information content (AvgIpc) is 3.27. The van der Waals surface area contributed by atoms with Crippen molar-refractivity contribution in [1.29, 1.82) is 0 Å². The monoisotopic (exact) mass is 358 g/mol. The second kappa shape index (κ2) is 6.75. The number of fused-ring (bicyclic) bond motifs is 1. The summed E-state index contributed by atoms with van der Waals surface area (Å²) in [4.78, 5) is 29.6. The SMILES string of the molecule is Cc1c(C(=O)N2CSC[C@H]2C(=O)N2CCCCC2)oc2ccccc12. The standard InChI is InChI=1S/C19H22N2O3S/c1-13-14-7-3-4-8-16(14)24-17(13)19(23)21-12-25-11-15(21)18(22)20-9-5-2-6-10-20/h3-4,7-8,15H,2,5-6,9-12H2,1H3/t15-/m0/s1. The molecule has 1 aromatic carbocycles. The minimum atomic E-state index is -0.372. The lowest BCUT2D eigenvalue weighted by atomic mass is 10.1. The highest BCUT2D eigenvalue weighted by Gasteiger charge is 2.39. The summed E-state index contributed by atoms with van der Waals surface area (Å²) in [5, 5.41) is 0.955. The van der Waals surface area contributed by atoms with Crippen LogP contribution in [0.2, 0.25) is 0 Å². The highest BCUT2D eigenvalue weighted by molar-refractivity contribution is 7.99. The number of benzene rings is 1. The maximum absolute atomic E-state index is 13.1. The molecule has 0 bridgehead atoms. The molecule has 2 aliphatic rings. The number of thioether (sulfide) groups is 1. The van der Waals surface area contributed by atoms with Gasteiger partial charge in [-0.3, -0.25) is 9.59 Å². The summed E-state index contributed by atoms with van der Waals surface area (Å²) in [6.45, 7) is 3.53. The molecule has 0 N–H and O–H groups in total. The van der Waals surface area contributed by atoms with Crippen molar-refractivity contribution >= 4 is 34.5 Å². The molecule has 25 heavy (non-hydrogen) atoms. The van der Waals surface area contributed by atoms with Gasteiger partial charge in [0.2, 0.25) is 5.91 Å². The Bertz CT molecular complexity index is 810. The molecule has 2 aliphatic heterocycles. The van der Waals surface area contributed by atoms with Gasteiger partial charge in [-0.2, -0.15) is 0 Å². The number of furan rings is 1. The van der Waals surface area contributed by atoms with Gasteiger partial charge in [0.15, 0.2) is 5.76 Å². The number of hydrogen-bond donors (Lipinski definition) is 0. The average molecular weight is 358 g/mol. The van der Waals surface area contributed by atoms with Crippen molar-refractivity contribution in [3.8, 4) is 0 Å². The first-order valence-electron chi connectivity index (χ1n) is 8.82. The van der Waals surface area contributed by atoms with E-state index in [-0.39, 0.29) is 17.9 Å². The van der Waals surface area contributed by atoms with Crippen LogP contribution >= 0.6 is 11.8 Å². The van der Waals surface area contributed by atoms with Crippen LogP contribution in [0, 0.1) is 6.92 Å². The van der Waals surface area contributed by atoms with E-state index in [9.17, 15) is 9.59 Å². The summed E-state index contributed by atoms with van der Waals surface area (Å²) < 4.78 is 5.82. The quantitative estimate of drug-likeness (QED) is 0.827. The van der Waals surface area contributed by atoms with Crippen LogP contribution in [0.3, 0.4) is 0 Å². The number of para-hydroxylation sites is 1. The van der Waals surface area contributed by atoms with Crippen LogP contribution < -0.4 is 0 Å². The molecular weight excluding hydrogens is 336 g/mol. The third-order valence-corrected chi connectivity index (χ3v) is 6.15. The Balaban J connectivity index is 1.59. The van der Waals surface area contributed by atoms with Crippen LogP contribution in [0.5, 0.6) is 0 Å². The summed E-state index contributed by atoms with van der Waals surface area (Å²) in [7, 11) is 0. The molecule has 6 heteroatoms. The Morgan fingerprint density at radius 2 is 1.92 bits per heavy atom. The summed E-state index contributed by atoms with van der Waals surface area (Å²) in [5.74, 6) is 1.49. The van der Waals surface area contributed by atoms with E-state index >= 15 is 0 Å². The van der Waals surface area contributed by atoms with Crippen LogP contribution in [-0.2, 0) is 4.79 Å². The van der Waals surface area contributed by atoms with E-state index in [0.29, 0.717) is 23.0 Å². The minimum absolute atomic E-state index is 0.0896. The van der Waals surface area contributed by atoms with Crippen LogP contribution in [0.1, 0.15) is 35.4 Å². The molecule has 0 spiro atoms. The number of rotatable bonds is 2. The van der Waals surface area contributed by atoms with Crippen molar-refractivity contribution in [3.63, 3.8) is 0 Å². The number of aryl methyl sites for hydroxylation is 1. The first-order valence-corrected chi connectivity index (χ1v) is 9.98. The van der Waals surface area contributed by atoms with Gasteiger partial charge in [-0.05, 0) is 32.3 Å². The lowest BCUT2D eigenvalue weighted by molar-refractivity contribution is -0.135. The van der Waals surface area contributed by atoms with Crippen LogP contribution in [0.25, 0.3) is 11.0 Å². The Labute approximate surface area is 151 Å². The fraction of sp³-hybridized carbons (Fsp3) is 0.474. The highest BCUT2D eigenvalue weighted by Crippen LogP contribution is 2.30. The fourth-order valence-electron chi connectivity index (χ4n) is 3.68. The van der Waals surface area contributed by atoms with Gasteiger partial charge in [0, 0.05) is 29.8 Å². The van der Waals surface area contributed by atoms with Crippen molar-refractivity contribution in [2.45, 2.75) is 32.2 Å². The van der Waals surface area contributed by atoms with E-state index in [1.807, 2.05) is 36.1 Å². The van der Waals surface area contributed by atoms with E-state index in [2.05, 4.69) is 0 Å². The molecule has 1 aromatic heterocycles. The zero-order valence-electron chi connectivity index (χ0n) is 14.4. The Kier molecular flexibility index (Phi) is 4.46. The second-order valence-electron chi connectivity index (χ2n) is 6.73. The molecule has 4 rings (SSSR count). The molecule has 1 atom stereocenters. The lowest BCUT2D eigenvalue weighted by Crippen LogP contribution is -2.50. The normalized spacial score (nSPS) is 21.1. The molecule has 132 valence electrons. The van der Waals surface area contributed by atoms with Gasteiger partial charge in [0.25, 0.3) is 5.91 Å². The van der Waals surface area contributed by atoms with Crippen LogP contribution in [0.15, 0.2) is 28.7 Å². The molecule has 2 amide bonds. The maximum atomic E-state index is 13.1. The number of likely N-dealkylation sites (tertiary alicyclic amines) is 1. The number of nitrogens with zero attached hydrogens (tertiary/aromatic N) is 2. The first kappa shape index (κ1) is 16.5. The predicted octanol–water partition coefficient (Wildman–Crippen LogP) is 3.27. The van der Waals surface area contributed by atoms with Crippen LogP contribution in [0.4, 0.5) is 0 Å². The summed E-state index contributed by atoms with van der Waals surface area (Å²) >= 11 is 1.63. The Morgan fingerprint density at radius 3 is 2.68 bits per heavy atom. The summed E-state index contributed by atoms with van der Waals surface area (Å²) in [6, 6.07) is 7.29. The van der Waals surface area contributed by atoms with Crippen molar-refractivity contribution in [3.05, 3.63) is 35.6 Å². The number of hydrogen-bond acceptors (Lipinski definition) is 4. The molecule has 2 fully saturated rings. The van der Waals surface area contributed by atoms with Gasteiger partial charge in [-0.15, -0.1) is 11.8 Å². The number of carbonyl (C=O) groups excluding carboxylic acids is 2. The number of piperidine rings is 1. The molecule has 0 aliphatic carbocycles. The Morgan fingerprint density at radius 1 is 1.16 bits per heavy atom. The smallest absolute Gasteiger partial charge is 0.291 e. The van der Waals surface area contributed by atoms with Gasteiger partial charge >= 0.3 is 0 Å². The number of carbonyl (C=O) groups is 2. The summed E-state index contributed by atoms with van der Waals surface area (Å²) in [5.41, 5.74) is 1.57. The van der Waals surface area contributed by atoms with E-state index < -0.39 is 0 Å². The van der Waals surface area contributed by atoms with Gasteiger partial charge in [-0.25, -0.2) is 0 Å². The largest absolute Gasteiger partial charge is 0.451 e. The highest BCUT2D eigenvalue weighted by atomic mass is 32.2. The van der Waals surface area contributed by atoms with Gasteiger partial charge in [-0.1, -0.05) is 18.2 Å². The summed E-state index contributed by atoms with van der Waals surface area (Å²) in [6.07, 6.45) is 3.30. The minimum Gasteiger partial charge on any atom is -0.451 e. The zero-order chi connectivity index (χ0) is 17.4. The third kappa shape index (κ3) is 2.92. The molecule has 5 nitrogen and oxygen atoms in total. The molecule has 0 radical (unpaired) electrons. The molecule has 2 saturated heterocycles. The topological polar surface area (TPSA) is 53.8 Å². The zero-order valence-corrected chi connectivity index (χ0v) is 15.2. The van der Waals surface area contributed by atoms with E-state index in [1.54, 1.807) is 16.7 Å². The van der Waals surface area contributed by atoms with Crippen LogP contribution in [-0.4, -0.2) is 52.4 Å². The van der Waals surface area contributed by atoms with Crippen molar-refractivity contribution < 1.29 is 14.0 Å². The maximum Gasteiger partial charge on any atom is 0.291 e. The Hall–Kier alpha value is -1.95. The number of amides is 2. The molecule has 0 unspecified atom stereocenters. The van der Waals surface area contributed by atoms with Gasteiger partial charge < -0.3 is 14.2 Å². The van der Waals surface area contributed by atoms with Gasteiger partial charge in [0.1, 0.15) is 11.6 Å². The van der Waals surface area contributed by atoms with Crippen molar-refractivity contribution in [2.75, 3.05) is 24.7 Å². The molecular formula is C19H22N2O3S. The van der Waals surface area contributed by atoms with E-state index in [0.717, 1.165) is 36.9 Å². The first-order chi connectivity index (χ1) is 12.2. The van der Waals surface area contributed by atoms with E-state index in [4.69, 9.17) is 4.42 Å². The second-order valence-corrected chi connectivity index (χ2v) is 7.73. The van der Waals surface area contributed by atoms with Gasteiger partial charge in [0.05, 0.1) is 5.88 Å². The lowest BCUT2D eigenvalue weighted by Gasteiger charge is -2.32. The molecule has 3 heterocycles. The molecule has 2 aromatic rings. The predicted molar refractivity (Wildman–Crippen MR) is 98.7 cm³/mol. The van der Waals surface area contributed by atoms with E-state index in [1.165, 1.54) is 6.42 Å². The third-order valence-electron chi connectivity index (χ3n) is 5.13. The van der Waals surface area contributed by atoms with Crippen molar-refractivity contribution in [2.24, 2.45) is 0 Å². The fourth-order valence-corrected chi connectivity index (χ4v) is 4.83. The van der Waals surface area contributed by atoms with Crippen molar-refractivity contribution in [1.82, 2.24) is 9.80 Å².